The first-order chi connectivity index (χ1) is 28.0. The van der Waals surface area contributed by atoms with Crippen LogP contribution >= 0.6 is 0 Å². The van der Waals surface area contributed by atoms with Crippen molar-refractivity contribution in [3.05, 3.63) is 196 Å². The molecule has 0 saturated carbocycles. The molecule has 5 aromatic carbocycles. The molecule has 2 N–H and O–H groups in total. The van der Waals surface area contributed by atoms with E-state index in [1.807, 2.05) is 97.1 Å². The third kappa shape index (κ3) is 8.39. The highest BCUT2D eigenvalue weighted by atomic mass is 28.2. The minimum atomic E-state index is -1.32. The van der Waals surface area contributed by atoms with Gasteiger partial charge in [0.2, 0.25) is 0 Å². The van der Waals surface area contributed by atoms with Crippen LogP contribution in [0.25, 0.3) is 0 Å². The Hall–Kier alpha value is -5.85. The molecule has 3 unspecified atom stereocenters. The maximum atomic E-state index is 13.9. The van der Waals surface area contributed by atoms with E-state index in [9.17, 15) is 14.7 Å². The summed E-state index contributed by atoms with van der Waals surface area (Å²) in [7, 11) is 0.335. The van der Waals surface area contributed by atoms with Crippen LogP contribution in [0.1, 0.15) is 61.2 Å². The van der Waals surface area contributed by atoms with Gasteiger partial charge in [-0.15, -0.1) is 0 Å². The van der Waals surface area contributed by atoms with Crippen LogP contribution in [0, 0.1) is 5.92 Å². The summed E-state index contributed by atoms with van der Waals surface area (Å²) in [6.45, 7) is 6.83. The predicted octanol–water partition coefficient (Wildman–Crippen LogP) is 8.67. The van der Waals surface area contributed by atoms with E-state index in [4.69, 9.17) is 18.6 Å². The maximum absolute atomic E-state index is 13.9. The lowest BCUT2D eigenvalue weighted by atomic mass is 9.66. The lowest BCUT2D eigenvalue weighted by Crippen LogP contribution is -2.54. The number of nitrogens with zero attached hydrogens (tertiary/aromatic N) is 2. The zero-order valence-electron chi connectivity index (χ0n) is 33.2. The van der Waals surface area contributed by atoms with Crippen molar-refractivity contribution in [3.63, 3.8) is 0 Å². The monoisotopic (exact) mass is 795 g/mol. The molecule has 11 heteroatoms. The molecule has 2 heterocycles. The first-order valence-electron chi connectivity index (χ1n) is 19.4. The molecule has 10 nitrogen and oxygen atoms in total. The van der Waals surface area contributed by atoms with Gasteiger partial charge in [0.25, 0.3) is 0 Å². The van der Waals surface area contributed by atoms with E-state index in [0.717, 1.165) is 33.6 Å². The number of benzene rings is 5. The van der Waals surface area contributed by atoms with Crippen molar-refractivity contribution < 1.29 is 28.5 Å². The third-order valence-corrected chi connectivity index (χ3v) is 12.1. The van der Waals surface area contributed by atoms with Crippen molar-refractivity contribution in [2.24, 2.45) is 5.92 Å². The molecule has 0 bridgehead atoms. The molecule has 1 aromatic heterocycles. The Morgan fingerprint density at radius 1 is 0.776 bits per heavy atom. The quantitative estimate of drug-likeness (QED) is 0.105. The molecule has 0 aliphatic carbocycles. The SMILES string of the molecule is COc1ccc(COC(c2ccccc2)(c2ccccc2)C2CC(n3ccc(NC(=O)O)nc3=O)OC2C(O[SiH2]C(C)(C)C)(c2ccccc2)c2ccccc2)cc1. The van der Waals surface area contributed by atoms with Gasteiger partial charge in [0.05, 0.1) is 13.7 Å². The van der Waals surface area contributed by atoms with Crippen LogP contribution in [0.15, 0.2) is 163 Å². The number of carbonyl (C=O) groups is 1. The fraction of sp³-hybridized carbons (Fsp3) is 0.255. The molecule has 7 rings (SSSR count). The van der Waals surface area contributed by atoms with Crippen molar-refractivity contribution in [2.75, 3.05) is 12.4 Å². The molecular weight excluding hydrogens is 747 g/mol. The lowest BCUT2D eigenvalue weighted by Gasteiger charge is -2.49. The number of hydrogen-bond acceptors (Lipinski definition) is 7. The fourth-order valence-corrected chi connectivity index (χ4v) is 9.17. The molecule has 1 saturated heterocycles. The van der Waals surface area contributed by atoms with Crippen LogP contribution < -0.4 is 15.7 Å². The predicted molar refractivity (Wildman–Crippen MR) is 227 cm³/mol. The van der Waals surface area contributed by atoms with Gasteiger partial charge in [-0.3, -0.25) is 9.88 Å². The van der Waals surface area contributed by atoms with Gasteiger partial charge >= 0.3 is 11.8 Å². The van der Waals surface area contributed by atoms with Crippen LogP contribution in [-0.4, -0.2) is 43.7 Å². The summed E-state index contributed by atoms with van der Waals surface area (Å²) in [4.78, 5) is 29.5. The van der Waals surface area contributed by atoms with Gasteiger partial charge in [0.1, 0.15) is 35.1 Å². The number of carboxylic acid groups (broad SMARTS) is 1. The Labute approximate surface area is 341 Å². The van der Waals surface area contributed by atoms with Crippen molar-refractivity contribution in [3.8, 4) is 5.75 Å². The van der Waals surface area contributed by atoms with Crippen LogP contribution in [-0.2, 0) is 31.7 Å². The Bertz CT molecular complexity index is 2240. The van der Waals surface area contributed by atoms with E-state index >= 15 is 0 Å². The smallest absolute Gasteiger partial charge is 0.410 e. The standard InChI is InChI=1S/C47H49N3O7Si/c1-45(2,3)58-57-47(36-21-13-7-14-22-36,37-23-15-8-16-24-37)42-39(31-41(56-42)50-30-29-40(48-43(50)51)49-44(52)53)46(34-17-9-5-10-18-34,35-19-11-6-12-20-35)55-32-33-25-27-38(54-4)28-26-33/h5-30,39,41-42H,31-32,58H2,1-4H3,(H,52,53)(H,48,49,51). The number of methoxy groups -OCH3 is 1. The summed E-state index contributed by atoms with van der Waals surface area (Å²) in [5, 5.41) is 11.5. The molecule has 3 atom stereocenters. The third-order valence-electron chi connectivity index (χ3n) is 10.6. The summed E-state index contributed by atoms with van der Waals surface area (Å²) >= 11 is 0. The van der Waals surface area contributed by atoms with Crippen LogP contribution in [0.3, 0.4) is 0 Å². The first kappa shape index (κ1) is 40.3. The second-order valence-electron chi connectivity index (χ2n) is 15.7. The Morgan fingerprint density at radius 3 is 1.72 bits per heavy atom. The van der Waals surface area contributed by atoms with Crippen molar-refractivity contribution in [1.82, 2.24) is 9.55 Å². The molecule has 6 aromatic rings. The number of aromatic nitrogens is 2. The maximum Gasteiger partial charge on any atom is 0.410 e. The zero-order valence-corrected chi connectivity index (χ0v) is 34.6. The van der Waals surface area contributed by atoms with Crippen molar-refractivity contribution in [1.29, 1.82) is 0 Å². The molecular formula is C47H49N3O7Si. The molecule has 1 aliphatic heterocycles. The van der Waals surface area contributed by atoms with Gasteiger partial charge in [0.15, 0.2) is 9.76 Å². The molecule has 1 amide bonds. The number of rotatable bonds is 14. The molecule has 1 fully saturated rings. The molecule has 0 radical (unpaired) electrons. The van der Waals surface area contributed by atoms with Gasteiger partial charge in [-0.2, -0.15) is 4.98 Å². The molecule has 298 valence electrons. The molecule has 0 spiro atoms. The summed E-state index contributed by atoms with van der Waals surface area (Å²) in [6, 6.07) is 50.1. The summed E-state index contributed by atoms with van der Waals surface area (Å²) in [5.41, 5.74) is 1.56. The number of anilines is 1. The van der Waals surface area contributed by atoms with Gasteiger partial charge in [-0.25, -0.2) is 9.59 Å². The van der Waals surface area contributed by atoms with Crippen LogP contribution in [0.2, 0.25) is 5.04 Å². The lowest BCUT2D eigenvalue weighted by molar-refractivity contribution is -0.145. The molecule has 1 aliphatic rings. The van der Waals surface area contributed by atoms with E-state index in [0.29, 0.717) is 6.42 Å². The van der Waals surface area contributed by atoms with E-state index < -0.39 is 51.0 Å². The van der Waals surface area contributed by atoms with Gasteiger partial charge < -0.3 is 23.7 Å². The van der Waals surface area contributed by atoms with Gasteiger partial charge in [-0.05, 0) is 51.1 Å². The summed E-state index contributed by atoms with van der Waals surface area (Å²) in [6.07, 6.45) is -1.10. The van der Waals surface area contributed by atoms with E-state index in [2.05, 4.69) is 79.6 Å². The Kier molecular flexibility index (Phi) is 12.1. The average molecular weight is 796 g/mol. The van der Waals surface area contributed by atoms with Gasteiger partial charge in [0, 0.05) is 18.5 Å². The number of amides is 1. The minimum absolute atomic E-state index is 0.0759. The topological polar surface area (TPSA) is 121 Å². The number of nitrogens with one attached hydrogen (secondary N) is 1. The van der Waals surface area contributed by atoms with Gasteiger partial charge in [-0.1, -0.05) is 154 Å². The highest BCUT2D eigenvalue weighted by Crippen LogP contribution is 2.57. The van der Waals surface area contributed by atoms with E-state index in [1.165, 1.54) is 16.8 Å². The Balaban J connectivity index is 1.52. The largest absolute Gasteiger partial charge is 0.497 e. The fourth-order valence-electron chi connectivity index (χ4n) is 8.01. The van der Waals surface area contributed by atoms with E-state index in [1.54, 1.807) is 7.11 Å². The highest BCUT2D eigenvalue weighted by Gasteiger charge is 2.60. The zero-order chi connectivity index (χ0) is 40.8. The van der Waals surface area contributed by atoms with E-state index in [-0.39, 0.29) is 17.5 Å². The van der Waals surface area contributed by atoms with Crippen molar-refractivity contribution >= 4 is 21.7 Å². The second-order valence-corrected chi connectivity index (χ2v) is 18.4. The van der Waals surface area contributed by atoms with Crippen LogP contribution in [0.4, 0.5) is 10.6 Å². The average Bonchev–Trinajstić information content (AvgIpc) is 3.68. The summed E-state index contributed by atoms with van der Waals surface area (Å²) in [5.74, 6) is 0.152. The summed E-state index contributed by atoms with van der Waals surface area (Å²) < 4.78 is 29.4. The highest BCUT2D eigenvalue weighted by molar-refractivity contribution is 6.32. The van der Waals surface area contributed by atoms with Crippen molar-refractivity contribution in [2.45, 2.75) is 62.4 Å². The first-order valence-corrected chi connectivity index (χ1v) is 20.7. The normalized spacial score (nSPS) is 17.3. The number of hydrogen-bond donors (Lipinski definition) is 2. The molecule has 58 heavy (non-hydrogen) atoms. The minimum Gasteiger partial charge on any atom is -0.497 e. The second kappa shape index (κ2) is 17.3. The Morgan fingerprint density at radius 2 is 1.28 bits per heavy atom. The van der Waals surface area contributed by atoms with Crippen LogP contribution in [0.5, 0.6) is 5.75 Å². The number of ether oxygens (including phenoxy) is 3.